The van der Waals surface area contributed by atoms with Gasteiger partial charge in [0.15, 0.2) is 0 Å². The molecule has 0 unspecified atom stereocenters. The number of hydrogen-bond donors (Lipinski definition) is 1. The van der Waals surface area contributed by atoms with Crippen LogP contribution in [0.5, 0.6) is 5.75 Å². The zero-order valence-corrected chi connectivity index (χ0v) is 20.0. The van der Waals surface area contributed by atoms with Crippen LogP contribution in [0.2, 0.25) is 5.02 Å². The van der Waals surface area contributed by atoms with Gasteiger partial charge < -0.3 is 15.0 Å². The molecule has 3 rings (SSSR count). The molecule has 0 aliphatic carbocycles. The molecule has 0 aromatic heterocycles. The van der Waals surface area contributed by atoms with E-state index in [4.69, 9.17) is 16.3 Å². The second-order valence-corrected chi connectivity index (χ2v) is 8.26. The van der Waals surface area contributed by atoms with Gasteiger partial charge in [-0.1, -0.05) is 60.1 Å². The van der Waals surface area contributed by atoms with E-state index in [1.165, 1.54) is 17.0 Å². The smallest absolute Gasteiger partial charge is 0.243 e. The summed E-state index contributed by atoms with van der Waals surface area (Å²) in [6, 6.07) is 20.3. The molecule has 0 saturated carbocycles. The van der Waals surface area contributed by atoms with E-state index in [9.17, 15) is 14.0 Å². The van der Waals surface area contributed by atoms with E-state index in [0.717, 1.165) is 11.1 Å². The Bertz CT molecular complexity index is 1100. The van der Waals surface area contributed by atoms with Crippen molar-refractivity contribution in [2.45, 2.75) is 32.4 Å². The summed E-state index contributed by atoms with van der Waals surface area (Å²) < 4.78 is 19.8. The third-order valence-electron chi connectivity index (χ3n) is 5.50. The highest BCUT2D eigenvalue weighted by molar-refractivity contribution is 6.31. The summed E-state index contributed by atoms with van der Waals surface area (Å²) >= 11 is 6.19. The Morgan fingerprint density at radius 1 is 1.03 bits per heavy atom. The Labute approximate surface area is 204 Å². The van der Waals surface area contributed by atoms with Gasteiger partial charge >= 0.3 is 0 Å². The van der Waals surface area contributed by atoms with Crippen LogP contribution in [0.4, 0.5) is 4.39 Å². The number of benzene rings is 3. The van der Waals surface area contributed by atoms with Crippen LogP contribution < -0.4 is 10.1 Å². The molecule has 34 heavy (non-hydrogen) atoms. The van der Waals surface area contributed by atoms with Crippen molar-refractivity contribution in [3.05, 3.63) is 100 Å². The van der Waals surface area contributed by atoms with Gasteiger partial charge in [0.1, 0.15) is 17.6 Å². The average Bonchev–Trinajstić information content (AvgIpc) is 2.84. The highest BCUT2D eigenvalue weighted by Crippen LogP contribution is 2.23. The monoisotopic (exact) mass is 482 g/mol. The van der Waals surface area contributed by atoms with E-state index in [1.807, 2.05) is 55.5 Å². The first kappa shape index (κ1) is 25.2. The predicted octanol–water partition coefficient (Wildman–Crippen LogP) is 4.81. The molecule has 3 aromatic carbocycles. The Kier molecular flexibility index (Phi) is 9.05. The fraction of sp³-hybridized carbons (Fsp3) is 0.259. The lowest BCUT2D eigenvalue weighted by Gasteiger charge is -2.31. The van der Waals surface area contributed by atoms with Gasteiger partial charge in [-0.25, -0.2) is 4.39 Å². The second-order valence-electron chi connectivity index (χ2n) is 7.85. The molecule has 0 bridgehead atoms. The predicted molar refractivity (Wildman–Crippen MR) is 131 cm³/mol. The molecule has 0 heterocycles. The van der Waals surface area contributed by atoms with E-state index in [0.29, 0.717) is 18.7 Å². The minimum absolute atomic E-state index is 0.110. The van der Waals surface area contributed by atoms with Gasteiger partial charge in [0.25, 0.3) is 0 Å². The molecule has 1 atom stereocenters. The van der Waals surface area contributed by atoms with Crippen LogP contribution in [-0.4, -0.2) is 36.4 Å². The first-order chi connectivity index (χ1) is 16.4. The molecular weight excluding hydrogens is 455 g/mol. The summed E-state index contributed by atoms with van der Waals surface area (Å²) in [6.45, 7) is 2.39. The van der Waals surface area contributed by atoms with Crippen molar-refractivity contribution in [3.63, 3.8) is 0 Å². The topological polar surface area (TPSA) is 58.6 Å². The third kappa shape index (κ3) is 6.58. The molecule has 1 N–H and O–H groups in total. The molecule has 7 heteroatoms. The van der Waals surface area contributed by atoms with Gasteiger partial charge in [0.2, 0.25) is 11.8 Å². The summed E-state index contributed by atoms with van der Waals surface area (Å²) in [5.74, 6) is -0.594. The first-order valence-corrected chi connectivity index (χ1v) is 11.5. The molecule has 5 nitrogen and oxygen atoms in total. The van der Waals surface area contributed by atoms with E-state index in [2.05, 4.69) is 5.32 Å². The van der Waals surface area contributed by atoms with Crippen molar-refractivity contribution in [3.8, 4) is 5.75 Å². The SMILES string of the molecule is CCNC(=O)[C@H](Cc1ccccc1)N(Cc1cccc(OC)c1)C(=O)Cc1c(F)cccc1Cl. The largest absolute Gasteiger partial charge is 0.497 e. The van der Waals surface area contributed by atoms with Crippen LogP contribution in [-0.2, 0) is 29.0 Å². The number of carbonyl (C=O) groups is 2. The lowest BCUT2D eigenvalue weighted by Crippen LogP contribution is -2.51. The van der Waals surface area contributed by atoms with Crippen molar-refractivity contribution >= 4 is 23.4 Å². The fourth-order valence-corrected chi connectivity index (χ4v) is 4.00. The van der Waals surface area contributed by atoms with Crippen molar-refractivity contribution < 1.29 is 18.7 Å². The number of nitrogens with zero attached hydrogens (tertiary/aromatic N) is 1. The Morgan fingerprint density at radius 3 is 2.41 bits per heavy atom. The third-order valence-corrected chi connectivity index (χ3v) is 5.85. The number of ether oxygens (including phenoxy) is 1. The highest BCUT2D eigenvalue weighted by Gasteiger charge is 2.31. The molecule has 0 spiro atoms. The molecule has 2 amide bonds. The summed E-state index contributed by atoms with van der Waals surface area (Å²) in [4.78, 5) is 28.3. The molecule has 0 aliphatic rings. The standard InChI is InChI=1S/C27H28ClFN2O3/c1-3-30-27(33)25(16-19-9-5-4-6-10-19)31(18-20-11-7-12-21(15-20)34-2)26(32)17-22-23(28)13-8-14-24(22)29/h4-15,25H,3,16-18H2,1-2H3,(H,30,33)/t25-/m0/s1. The van der Waals surface area contributed by atoms with Crippen LogP contribution in [0, 0.1) is 5.82 Å². The first-order valence-electron chi connectivity index (χ1n) is 11.1. The van der Waals surface area contributed by atoms with Gasteiger partial charge in [0.05, 0.1) is 13.5 Å². The van der Waals surface area contributed by atoms with E-state index >= 15 is 0 Å². The summed E-state index contributed by atoms with van der Waals surface area (Å²) in [5.41, 5.74) is 1.81. The Balaban J connectivity index is 2.00. The van der Waals surface area contributed by atoms with Crippen LogP contribution in [0.3, 0.4) is 0 Å². The van der Waals surface area contributed by atoms with Gasteiger partial charge in [0, 0.05) is 30.1 Å². The lowest BCUT2D eigenvalue weighted by molar-refractivity contribution is -0.140. The second kappa shape index (κ2) is 12.2. The molecule has 0 aliphatic heterocycles. The molecular formula is C27H28ClFN2O3. The van der Waals surface area contributed by atoms with Crippen molar-refractivity contribution in [2.75, 3.05) is 13.7 Å². The number of carbonyl (C=O) groups excluding carboxylic acids is 2. The number of nitrogens with one attached hydrogen (secondary N) is 1. The Morgan fingerprint density at radius 2 is 1.74 bits per heavy atom. The zero-order chi connectivity index (χ0) is 24.5. The number of amides is 2. The van der Waals surface area contributed by atoms with E-state index in [-0.39, 0.29) is 29.5 Å². The highest BCUT2D eigenvalue weighted by atomic mass is 35.5. The summed E-state index contributed by atoms with van der Waals surface area (Å²) in [7, 11) is 1.56. The number of methoxy groups -OCH3 is 1. The number of likely N-dealkylation sites (N-methyl/N-ethyl adjacent to an activating group) is 1. The zero-order valence-electron chi connectivity index (χ0n) is 19.3. The molecule has 0 saturated heterocycles. The number of hydrogen-bond acceptors (Lipinski definition) is 3. The maximum Gasteiger partial charge on any atom is 0.243 e. The fourth-order valence-electron chi connectivity index (χ4n) is 3.77. The molecule has 0 radical (unpaired) electrons. The number of rotatable bonds is 10. The van der Waals surface area contributed by atoms with Crippen LogP contribution in [0.15, 0.2) is 72.8 Å². The molecule has 3 aromatic rings. The minimum atomic E-state index is -0.799. The lowest BCUT2D eigenvalue weighted by atomic mass is 10.0. The van der Waals surface area contributed by atoms with Crippen LogP contribution >= 0.6 is 11.6 Å². The quantitative estimate of drug-likeness (QED) is 0.451. The summed E-state index contributed by atoms with van der Waals surface area (Å²) in [5, 5.41) is 3.01. The van der Waals surface area contributed by atoms with Gasteiger partial charge in [-0.3, -0.25) is 9.59 Å². The number of halogens is 2. The maximum absolute atomic E-state index is 14.5. The maximum atomic E-state index is 14.5. The van der Waals surface area contributed by atoms with Crippen LogP contribution in [0.25, 0.3) is 0 Å². The summed E-state index contributed by atoms with van der Waals surface area (Å²) in [6.07, 6.45) is 0.0492. The molecule has 178 valence electrons. The Hall–Kier alpha value is -3.38. The van der Waals surface area contributed by atoms with Crippen LogP contribution in [0.1, 0.15) is 23.6 Å². The van der Waals surface area contributed by atoms with Crippen molar-refractivity contribution in [1.29, 1.82) is 0 Å². The molecule has 0 fully saturated rings. The van der Waals surface area contributed by atoms with Gasteiger partial charge in [-0.2, -0.15) is 0 Å². The van der Waals surface area contributed by atoms with E-state index in [1.54, 1.807) is 19.2 Å². The van der Waals surface area contributed by atoms with E-state index < -0.39 is 17.8 Å². The van der Waals surface area contributed by atoms with Gasteiger partial charge in [-0.15, -0.1) is 0 Å². The van der Waals surface area contributed by atoms with Gasteiger partial charge in [-0.05, 0) is 42.3 Å². The average molecular weight is 483 g/mol. The van der Waals surface area contributed by atoms with Crippen molar-refractivity contribution in [1.82, 2.24) is 10.2 Å². The normalized spacial score (nSPS) is 11.5. The van der Waals surface area contributed by atoms with Crippen molar-refractivity contribution in [2.24, 2.45) is 0 Å². The minimum Gasteiger partial charge on any atom is -0.497 e.